The van der Waals surface area contributed by atoms with Crippen LogP contribution in [0.4, 0.5) is 0 Å². The Kier molecular flexibility index (Phi) is 5.39. The number of aromatic nitrogens is 2. The average Bonchev–Trinajstić information content (AvgIpc) is 3.07. The van der Waals surface area contributed by atoms with Gasteiger partial charge in [-0.1, -0.05) is 5.16 Å². The fraction of sp³-hybridized carbons (Fsp3) is 0.333. The van der Waals surface area contributed by atoms with Gasteiger partial charge in [0.05, 0.1) is 17.1 Å². The minimum atomic E-state index is -1.55. The molecule has 8 nitrogen and oxygen atoms in total. The van der Waals surface area contributed by atoms with Crippen LogP contribution in [-0.2, 0) is 26.1 Å². The van der Waals surface area contributed by atoms with E-state index in [1.807, 2.05) is 16.8 Å². The zero-order chi connectivity index (χ0) is 16.1. The second-order valence-corrected chi connectivity index (χ2v) is 6.65. The van der Waals surface area contributed by atoms with Crippen molar-refractivity contribution >= 4 is 34.0 Å². The van der Waals surface area contributed by atoms with Gasteiger partial charge in [-0.2, -0.15) is 16.3 Å². The number of hydrogen-bond donors (Lipinski definition) is 2. The second kappa shape index (κ2) is 7.27. The zero-order valence-electron chi connectivity index (χ0n) is 11.5. The summed E-state index contributed by atoms with van der Waals surface area (Å²) >= 11 is 1.48. The lowest BCUT2D eigenvalue weighted by Gasteiger charge is -2.11. The number of nitrogens with one attached hydrogen (secondary N) is 1. The van der Waals surface area contributed by atoms with E-state index in [4.69, 9.17) is 9.63 Å². The molecule has 2 aromatic rings. The van der Waals surface area contributed by atoms with Crippen molar-refractivity contribution in [1.29, 1.82) is 0 Å². The molecule has 1 unspecified atom stereocenters. The number of rotatable bonds is 7. The Balaban J connectivity index is 1.97. The fourth-order valence-corrected chi connectivity index (χ4v) is 3.38. The van der Waals surface area contributed by atoms with Gasteiger partial charge in [0, 0.05) is 23.1 Å². The first kappa shape index (κ1) is 16.3. The van der Waals surface area contributed by atoms with Gasteiger partial charge < -0.3 is 14.9 Å². The molecule has 22 heavy (non-hydrogen) atoms. The van der Waals surface area contributed by atoms with Gasteiger partial charge in [0.2, 0.25) is 5.91 Å². The molecule has 2 atom stereocenters. The molecule has 0 saturated heterocycles. The van der Waals surface area contributed by atoms with E-state index in [9.17, 15) is 13.8 Å². The van der Waals surface area contributed by atoms with Crippen LogP contribution >= 0.6 is 11.3 Å². The van der Waals surface area contributed by atoms with Crippen LogP contribution < -0.4 is 5.32 Å². The van der Waals surface area contributed by atoms with Crippen molar-refractivity contribution in [3.05, 3.63) is 22.7 Å². The quantitative estimate of drug-likeness (QED) is 0.756. The molecule has 10 heteroatoms. The number of carboxylic acids is 1. The summed E-state index contributed by atoms with van der Waals surface area (Å²) in [5.41, 5.74) is 0.774. The van der Waals surface area contributed by atoms with Gasteiger partial charge in [0.15, 0.2) is 5.82 Å². The standard InChI is InChI=1S/C12H13N3O5S2/c1-7(16)13-9(12(17)18)5-22(19)6-10-14-11(20-15-10)8-2-3-21-4-8/h2-4,9H,5-6H2,1H3,(H,13,16)(H,17,18)/t9-,22?/m0/s1. The highest BCUT2D eigenvalue weighted by Gasteiger charge is 2.22. The lowest BCUT2D eigenvalue weighted by atomic mass is 10.3. The largest absolute Gasteiger partial charge is 0.480 e. The van der Waals surface area contributed by atoms with Crippen molar-refractivity contribution in [2.45, 2.75) is 18.7 Å². The summed E-state index contributed by atoms with van der Waals surface area (Å²) in [5.74, 6) is -1.45. The summed E-state index contributed by atoms with van der Waals surface area (Å²) in [6.45, 7) is 1.20. The summed E-state index contributed by atoms with van der Waals surface area (Å²) < 4.78 is 17.0. The molecule has 2 rings (SSSR count). The maximum Gasteiger partial charge on any atom is 0.327 e. The fourth-order valence-electron chi connectivity index (χ4n) is 1.62. The molecule has 118 valence electrons. The predicted octanol–water partition coefficient (Wildman–Crippen LogP) is 0.636. The molecule has 0 aromatic carbocycles. The maximum absolute atomic E-state index is 12.0. The van der Waals surface area contributed by atoms with E-state index in [0.29, 0.717) is 5.89 Å². The lowest BCUT2D eigenvalue weighted by molar-refractivity contribution is -0.140. The molecule has 0 aliphatic rings. The second-order valence-electron chi connectivity index (χ2n) is 4.37. The number of amides is 1. The SMILES string of the molecule is CC(=O)N[C@@H](CS(=O)Cc1noc(-c2ccsc2)n1)C(=O)O. The highest BCUT2D eigenvalue weighted by Crippen LogP contribution is 2.20. The van der Waals surface area contributed by atoms with Crippen LogP contribution in [0.1, 0.15) is 12.7 Å². The number of carbonyl (C=O) groups excluding carboxylic acids is 1. The van der Waals surface area contributed by atoms with Crippen molar-refractivity contribution < 1.29 is 23.4 Å². The molecule has 0 fully saturated rings. The van der Waals surface area contributed by atoms with Gasteiger partial charge >= 0.3 is 5.97 Å². The number of thiophene rings is 1. The van der Waals surface area contributed by atoms with Crippen LogP contribution in [0.15, 0.2) is 21.3 Å². The van der Waals surface area contributed by atoms with Crippen LogP contribution in [0.5, 0.6) is 0 Å². The molecule has 0 radical (unpaired) electrons. The molecule has 2 aromatic heterocycles. The van der Waals surface area contributed by atoms with E-state index in [-0.39, 0.29) is 17.3 Å². The molecule has 2 N–H and O–H groups in total. The summed E-state index contributed by atoms with van der Waals surface area (Å²) in [6, 6.07) is 0.609. The van der Waals surface area contributed by atoms with Crippen molar-refractivity contribution in [2.24, 2.45) is 0 Å². The normalized spacial score (nSPS) is 13.5. The van der Waals surface area contributed by atoms with E-state index in [0.717, 1.165) is 5.56 Å². The van der Waals surface area contributed by atoms with Crippen molar-refractivity contribution in [2.75, 3.05) is 5.75 Å². The summed E-state index contributed by atoms with van der Waals surface area (Å²) in [5, 5.41) is 18.6. The highest BCUT2D eigenvalue weighted by atomic mass is 32.2. The lowest BCUT2D eigenvalue weighted by Crippen LogP contribution is -2.43. The Morgan fingerprint density at radius 1 is 1.55 bits per heavy atom. The minimum Gasteiger partial charge on any atom is -0.480 e. The van der Waals surface area contributed by atoms with E-state index in [2.05, 4.69) is 15.5 Å². The number of nitrogens with zero attached hydrogens (tertiary/aromatic N) is 2. The number of aliphatic carboxylic acids is 1. The third-order valence-corrected chi connectivity index (χ3v) is 4.52. The Morgan fingerprint density at radius 2 is 2.32 bits per heavy atom. The van der Waals surface area contributed by atoms with Gasteiger partial charge in [-0.05, 0) is 11.4 Å². The number of hydrogen-bond acceptors (Lipinski definition) is 7. The van der Waals surface area contributed by atoms with Crippen LogP contribution in [0.25, 0.3) is 11.5 Å². The molecule has 0 bridgehead atoms. The van der Waals surface area contributed by atoms with Gasteiger partial charge in [-0.25, -0.2) is 4.79 Å². The topological polar surface area (TPSA) is 122 Å². The van der Waals surface area contributed by atoms with Crippen LogP contribution in [0, 0.1) is 0 Å². The molecule has 0 aliphatic heterocycles. The summed E-state index contributed by atoms with van der Waals surface area (Å²) in [4.78, 5) is 26.0. The van der Waals surface area contributed by atoms with Crippen molar-refractivity contribution in [1.82, 2.24) is 15.5 Å². The number of carbonyl (C=O) groups is 2. The van der Waals surface area contributed by atoms with Crippen LogP contribution in [0.3, 0.4) is 0 Å². The Hall–Kier alpha value is -2.07. The minimum absolute atomic E-state index is 0.0446. The predicted molar refractivity (Wildman–Crippen MR) is 79.6 cm³/mol. The third kappa shape index (κ3) is 4.46. The van der Waals surface area contributed by atoms with Crippen molar-refractivity contribution in [3.8, 4) is 11.5 Å². The first-order chi connectivity index (χ1) is 10.5. The van der Waals surface area contributed by atoms with E-state index in [1.165, 1.54) is 18.3 Å². The maximum atomic E-state index is 12.0. The molecule has 2 heterocycles. The van der Waals surface area contributed by atoms with Gasteiger partial charge in [-0.3, -0.25) is 9.00 Å². The zero-order valence-corrected chi connectivity index (χ0v) is 13.1. The number of carboxylic acid groups (broad SMARTS) is 1. The molecule has 1 amide bonds. The third-order valence-electron chi connectivity index (χ3n) is 2.55. The first-order valence-electron chi connectivity index (χ1n) is 6.15. The van der Waals surface area contributed by atoms with Crippen LogP contribution in [-0.4, -0.2) is 43.1 Å². The van der Waals surface area contributed by atoms with Crippen molar-refractivity contribution in [3.63, 3.8) is 0 Å². The Morgan fingerprint density at radius 3 is 2.91 bits per heavy atom. The first-order valence-corrected chi connectivity index (χ1v) is 8.59. The van der Waals surface area contributed by atoms with E-state index in [1.54, 1.807) is 0 Å². The molecule has 0 spiro atoms. The summed E-state index contributed by atoms with van der Waals surface area (Å²) in [6.07, 6.45) is 0. The molecule has 0 aliphatic carbocycles. The molecular weight excluding hydrogens is 330 g/mol. The average molecular weight is 343 g/mol. The van der Waals surface area contributed by atoms with Gasteiger partial charge in [-0.15, -0.1) is 0 Å². The van der Waals surface area contributed by atoms with Gasteiger partial charge in [0.25, 0.3) is 5.89 Å². The van der Waals surface area contributed by atoms with Crippen LogP contribution in [0.2, 0.25) is 0 Å². The Labute approximate surface area is 132 Å². The van der Waals surface area contributed by atoms with E-state index >= 15 is 0 Å². The van der Waals surface area contributed by atoms with Gasteiger partial charge in [0.1, 0.15) is 6.04 Å². The smallest absolute Gasteiger partial charge is 0.327 e. The summed E-state index contributed by atoms with van der Waals surface area (Å²) in [7, 11) is -1.55. The molecular formula is C12H13N3O5S2. The van der Waals surface area contributed by atoms with E-state index < -0.39 is 28.7 Å². The Bertz CT molecular complexity index is 683. The monoisotopic (exact) mass is 343 g/mol. The highest BCUT2D eigenvalue weighted by molar-refractivity contribution is 7.84. The molecule has 0 saturated carbocycles.